The number of hydrogen-bond donors (Lipinski definition) is 0. The number of nitrogens with zero attached hydrogens (tertiary/aromatic N) is 3. The maximum Gasteiger partial charge on any atom is 0.113 e. The van der Waals surface area contributed by atoms with E-state index in [0.717, 1.165) is 16.7 Å². The van der Waals surface area contributed by atoms with Gasteiger partial charge in [0.1, 0.15) is 11.8 Å². The standard InChI is InChI=1S/C16H23N3O/c1-15(2,3)14(11-20-16(4,5)6)19-13-10-8-7-9-12(13)17-18-19/h7-11H,1-6H3/b14-11-. The number of hydrogen-bond acceptors (Lipinski definition) is 3. The van der Waals surface area contributed by atoms with E-state index in [0.29, 0.717) is 0 Å². The summed E-state index contributed by atoms with van der Waals surface area (Å²) in [4.78, 5) is 0. The molecule has 2 aromatic rings. The second-order valence-corrected chi connectivity index (χ2v) is 6.97. The Bertz CT molecular complexity index is 627. The lowest BCUT2D eigenvalue weighted by atomic mass is 9.92. The zero-order valence-corrected chi connectivity index (χ0v) is 13.1. The average Bonchev–Trinajstić information content (AvgIpc) is 2.70. The number of aromatic nitrogens is 3. The molecule has 0 amide bonds. The van der Waals surface area contributed by atoms with Gasteiger partial charge in [0.15, 0.2) is 0 Å². The summed E-state index contributed by atoms with van der Waals surface area (Å²) in [5.41, 5.74) is 2.54. The molecular formula is C16H23N3O. The molecule has 108 valence electrons. The van der Waals surface area contributed by atoms with Crippen LogP contribution in [0.5, 0.6) is 0 Å². The van der Waals surface area contributed by atoms with Crippen molar-refractivity contribution in [2.75, 3.05) is 0 Å². The number of allylic oxidation sites excluding steroid dienone is 1. The van der Waals surface area contributed by atoms with Crippen LogP contribution in [0.25, 0.3) is 16.7 Å². The highest BCUT2D eigenvalue weighted by Crippen LogP contribution is 2.31. The third kappa shape index (κ3) is 3.18. The van der Waals surface area contributed by atoms with Crippen molar-refractivity contribution in [1.82, 2.24) is 15.0 Å². The maximum absolute atomic E-state index is 5.84. The fourth-order valence-electron chi connectivity index (χ4n) is 1.82. The number of benzene rings is 1. The first-order valence-corrected chi connectivity index (χ1v) is 6.88. The molecule has 0 aliphatic heterocycles. The SMILES string of the molecule is CC(C)(C)O/C=C(\n1nnc2ccccc21)C(C)(C)C. The Morgan fingerprint density at radius 3 is 2.35 bits per heavy atom. The summed E-state index contributed by atoms with van der Waals surface area (Å²) in [5.74, 6) is 0. The van der Waals surface area contributed by atoms with E-state index in [1.807, 2.05) is 49.7 Å². The first-order valence-electron chi connectivity index (χ1n) is 6.88. The predicted molar refractivity (Wildman–Crippen MR) is 82.1 cm³/mol. The fraction of sp³-hybridized carbons (Fsp3) is 0.500. The topological polar surface area (TPSA) is 39.9 Å². The van der Waals surface area contributed by atoms with E-state index in [-0.39, 0.29) is 11.0 Å². The van der Waals surface area contributed by atoms with Gasteiger partial charge in [0.05, 0.1) is 16.8 Å². The quantitative estimate of drug-likeness (QED) is 0.774. The third-order valence-corrected chi connectivity index (χ3v) is 2.87. The minimum atomic E-state index is -0.229. The second kappa shape index (κ2) is 4.93. The monoisotopic (exact) mass is 273 g/mol. The second-order valence-electron chi connectivity index (χ2n) is 6.97. The molecule has 4 heteroatoms. The lowest BCUT2D eigenvalue weighted by Crippen LogP contribution is -2.20. The van der Waals surface area contributed by atoms with Crippen LogP contribution in [0.1, 0.15) is 41.5 Å². The number of ether oxygens (including phenoxy) is 1. The van der Waals surface area contributed by atoms with Gasteiger partial charge in [-0.3, -0.25) is 0 Å². The summed E-state index contributed by atoms with van der Waals surface area (Å²) in [6.07, 6.45) is 1.81. The lowest BCUT2D eigenvalue weighted by molar-refractivity contribution is 0.0755. The van der Waals surface area contributed by atoms with Gasteiger partial charge in [-0.1, -0.05) is 38.1 Å². The molecule has 20 heavy (non-hydrogen) atoms. The lowest BCUT2D eigenvalue weighted by Gasteiger charge is -2.25. The van der Waals surface area contributed by atoms with Crippen LogP contribution in [0.3, 0.4) is 0 Å². The van der Waals surface area contributed by atoms with E-state index in [4.69, 9.17) is 4.74 Å². The first-order chi connectivity index (χ1) is 9.18. The molecular weight excluding hydrogens is 250 g/mol. The van der Waals surface area contributed by atoms with E-state index >= 15 is 0 Å². The highest BCUT2D eigenvalue weighted by atomic mass is 16.5. The molecule has 0 fully saturated rings. The van der Waals surface area contributed by atoms with Crippen molar-refractivity contribution in [2.24, 2.45) is 5.41 Å². The van der Waals surface area contributed by atoms with Crippen molar-refractivity contribution in [2.45, 2.75) is 47.1 Å². The van der Waals surface area contributed by atoms with E-state index < -0.39 is 0 Å². The molecule has 4 nitrogen and oxygen atoms in total. The van der Waals surface area contributed by atoms with Crippen LogP contribution in [0, 0.1) is 5.41 Å². The smallest absolute Gasteiger partial charge is 0.113 e. The molecule has 0 unspecified atom stereocenters. The van der Waals surface area contributed by atoms with E-state index in [1.54, 1.807) is 6.26 Å². The van der Waals surface area contributed by atoms with Gasteiger partial charge in [-0.05, 0) is 32.9 Å². The van der Waals surface area contributed by atoms with Crippen molar-refractivity contribution in [3.05, 3.63) is 30.5 Å². The van der Waals surface area contributed by atoms with E-state index in [9.17, 15) is 0 Å². The zero-order valence-electron chi connectivity index (χ0n) is 13.1. The summed E-state index contributed by atoms with van der Waals surface area (Å²) in [6, 6.07) is 7.94. The molecule has 0 atom stereocenters. The molecule has 1 aromatic carbocycles. The third-order valence-electron chi connectivity index (χ3n) is 2.87. The molecule has 0 aliphatic carbocycles. The van der Waals surface area contributed by atoms with Crippen molar-refractivity contribution in [3.8, 4) is 0 Å². The van der Waals surface area contributed by atoms with Crippen LogP contribution in [0.4, 0.5) is 0 Å². The average molecular weight is 273 g/mol. The Kier molecular flexibility index (Phi) is 3.59. The van der Waals surface area contributed by atoms with Crippen molar-refractivity contribution in [3.63, 3.8) is 0 Å². The molecule has 0 bridgehead atoms. The maximum atomic E-state index is 5.84. The number of fused-ring (bicyclic) bond motifs is 1. The van der Waals surface area contributed by atoms with Gasteiger partial charge < -0.3 is 4.74 Å². The fourth-order valence-corrected chi connectivity index (χ4v) is 1.82. The van der Waals surface area contributed by atoms with Gasteiger partial charge in [0, 0.05) is 5.41 Å². The molecule has 1 aromatic heterocycles. The van der Waals surface area contributed by atoms with E-state index in [2.05, 4.69) is 31.1 Å². The van der Waals surface area contributed by atoms with Gasteiger partial charge in [0.2, 0.25) is 0 Å². The number of para-hydroxylation sites is 1. The van der Waals surface area contributed by atoms with Crippen LogP contribution < -0.4 is 0 Å². The van der Waals surface area contributed by atoms with Crippen LogP contribution >= 0.6 is 0 Å². The molecule has 2 rings (SSSR count). The Hall–Kier alpha value is -1.84. The molecule has 1 heterocycles. The molecule has 0 saturated carbocycles. The molecule has 0 N–H and O–H groups in total. The molecule has 0 radical (unpaired) electrons. The molecule has 0 saturated heterocycles. The Morgan fingerprint density at radius 2 is 1.75 bits per heavy atom. The largest absolute Gasteiger partial charge is 0.494 e. The summed E-state index contributed by atoms with van der Waals surface area (Å²) in [6.45, 7) is 12.5. The molecule has 0 aliphatic rings. The first kappa shape index (κ1) is 14.6. The van der Waals surface area contributed by atoms with Gasteiger partial charge in [-0.2, -0.15) is 0 Å². The van der Waals surface area contributed by atoms with Crippen molar-refractivity contribution >= 4 is 16.7 Å². The summed E-state index contributed by atoms with van der Waals surface area (Å²) < 4.78 is 7.70. The summed E-state index contributed by atoms with van der Waals surface area (Å²) in [5, 5.41) is 8.50. The Balaban J connectivity index is 2.52. The number of rotatable bonds is 2. The Morgan fingerprint density at radius 1 is 1.10 bits per heavy atom. The normalized spacial score (nSPS) is 13.8. The van der Waals surface area contributed by atoms with Gasteiger partial charge >= 0.3 is 0 Å². The van der Waals surface area contributed by atoms with Gasteiger partial charge in [0.25, 0.3) is 0 Å². The highest BCUT2D eigenvalue weighted by Gasteiger charge is 2.23. The van der Waals surface area contributed by atoms with Crippen LogP contribution in [0.15, 0.2) is 30.5 Å². The van der Waals surface area contributed by atoms with Crippen LogP contribution in [-0.4, -0.2) is 20.6 Å². The van der Waals surface area contributed by atoms with Crippen LogP contribution in [0.2, 0.25) is 0 Å². The predicted octanol–water partition coefficient (Wildman–Crippen LogP) is 4.09. The highest BCUT2D eigenvalue weighted by molar-refractivity contribution is 5.78. The Labute approximate surface area is 120 Å². The van der Waals surface area contributed by atoms with Crippen molar-refractivity contribution < 1.29 is 4.74 Å². The minimum absolute atomic E-state index is 0.0955. The van der Waals surface area contributed by atoms with Gasteiger partial charge in [-0.25, -0.2) is 4.68 Å². The van der Waals surface area contributed by atoms with Gasteiger partial charge in [-0.15, -0.1) is 5.10 Å². The minimum Gasteiger partial charge on any atom is -0.494 e. The van der Waals surface area contributed by atoms with Crippen LogP contribution in [-0.2, 0) is 4.74 Å². The van der Waals surface area contributed by atoms with Crippen molar-refractivity contribution in [1.29, 1.82) is 0 Å². The zero-order chi connectivity index (χ0) is 15.0. The van der Waals surface area contributed by atoms with E-state index in [1.165, 1.54) is 0 Å². The molecule has 0 spiro atoms. The summed E-state index contributed by atoms with van der Waals surface area (Å²) >= 11 is 0. The summed E-state index contributed by atoms with van der Waals surface area (Å²) in [7, 11) is 0.